The fraction of sp³-hybridized carbons (Fsp3) is 0.909. The number of esters is 1. The monoisotopic (exact) mass is 217 g/mol. The smallest absolute Gasteiger partial charge is 0.325 e. The van der Waals surface area contributed by atoms with Crippen LogP contribution in [0, 0.1) is 5.92 Å². The van der Waals surface area contributed by atoms with Crippen LogP contribution in [0.2, 0.25) is 0 Å². The maximum atomic E-state index is 11.3. The highest BCUT2D eigenvalue weighted by Gasteiger charge is 2.14. The first kappa shape index (κ1) is 14.4. The molecule has 0 aromatic rings. The molecule has 4 heteroatoms. The van der Waals surface area contributed by atoms with Crippen molar-refractivity contribution in [1.82, 2.24) is 0 Å². The van der Waals surface area contributed by atoms with E-state index in [4.69, 9.17) is 15.2 Å². The van der Waals surface area contributed by atoms with E-state index >= 15 is 0 Å². The molecule has 0 unspecified atom stereocenters. The molecule has 0 spiro atoms. The summed E-state index contributed by atoms with van der Waals surface area (Å²) in [6.45, 7) is 7.45. The molecule has 0 aliphatic heterocycles. The molecule has 1 atom stereocenters. The molecule has 0 aliphatic rings. The van der Waals surface area contributed by atoms with Crippen LogP contribution in [0.1, 0.15) is 33.6 Å². The van der Waals surface area contributed by atoms with Crippen LogP contribution >= 0.6 is 0 Å². The Bertz CT molecular complexity index is 171. The van der Waals surface area contributed by atoms with Crippen LogP contribution in [-0.2, 0) is 14.3 Å². The summed E-state index contributed by atoms with van der Waals surface area (Å²) in [5.74, 6) is 0.0838. The van der Waals surface area contributed by atoms with Gasteiger partial charge in [0.1, 0.15) is 6.04 Å². The van der Waals surface area contributed by atoms with Gasteiger partial charge < -0.3 is 15.2 Å². The first-order valence-electron chi connectivity index (χ1n) is 5.57. The van der Waals surface area contributed by atoms with Crippen molar-refractivity contribution in [2.75, 3.05) is 19.8 Å². The minimum Gasteiger partial charge on any atom is -0.464 e. The summed E-state index contributed by atoms with van der Waals surface area (Å²) < 4.78 is 10.2. The Balaban J connectivity index is 3.51. The molecule has 4 nitrogen and oxygen atoms in total. The molecule has 0 bridgehead atoms. The third-order valence-electron chi connectivity index (χ3n) is 1.79. The van der Waals surface area contributed by atoms with E-state index in [2.05, 4.69) is 0 Å². The van der Waals surface area contributed by atoms with Crippen LogP contribution in [-0.4, -0.2) is 31.8 Å². The maximum absolute atomic E-state index is 11.3. The molecule has 0 saturated heterocycles. The first-order chi connectivity index (χ1) is 7.07. The minimum atomic E-state index is -0.652. The van der Waals surface area contributed by atoms with E-state index in [1.165, 1.54) is 0 Å². The van der Waals surface area contributed by atoms with Crippen LogP contribution in [0.4, 0.5) is 0 Å². The van der Waals surface area contributed by atoms with Crippen molar-refractivity contribution >= 4 is 5.97 Å². The molecule has 0 aliphatic carbocycles. The SMILES string of the molecule is CCCCOC(=O)[C@@H](N)COCC(C)C. The minimum absolute atomic E-state index is 0.239. The Morgan fingerprint density at radius 2 is 2.00 bits per heavy atom. The molecule has 0 fully saturated rings. The molecule has 0 heterocycles. The molecular weight excluding hydrogens is 194 g/mol. The van der Waals surface area contributed by atoms with Crippen molar-refractivity contribution in [3.63, 3.8) is 0 Å². The predicted octanol–water partition coefficient (Wildman–Crippen LogP) is 1.33. The molecule has 90 valence electrons. The van der Waals surface area contributed by atoms with E-state index in [0.29, 0.717) is 19.1 Å². The number of ether oxygens (including phenoxy) is 2. The zero-order chi connectivity index (χ0) is 11.7. The number of hydrogen-bond donors (Lipinski definition) is 1. The van der Waals surface area contributed by atoms with Gasteiger partial charge in [-0.2, -0.15) is 0 Å². The van der Waals surface area contributed by atoms with E-state index in [1.807, 2.05) is 20.8 Å². The Morgan fingerprint density at radius 1 is 1.33 bits per heavy atom. The summed E-state index contributed by atoms with van der Waals surface area (Å²) in [5.41, 5.74) is 5.59. The molecule has 0 radical (unpaired) electrons. The Kier molecular flexibility index (Phi) is 8.33. The number of hydrogen-bond acceptors (Lipinski definition) is 4. The van der Waals surface area contributed by atoms with E-state index in [-0.39, 0.29) is 12.6 Å². The van der Waals surface area contributed by atoms with Crippen LogP contribution in [0.25, 0.3) is 0 Å². The molecule has 15 heavy (non-hydrogen) atoms. The van der Waals surface area contributed by atoms with Gasteiger partial charge in [-0.15, -0.1) is 0 Å². The average molecular weight is 217 g/mol. The van der Waals surface area contributed by atoms with Crippen LogP contribution in [0.5, 0.6) is 0 Å². The second-order valence-corrected chi connectivity index (χ2v) is 4.06. The number of nitrogens with two attached hydrogens (primary N) is 1. The van der Waals surface area contributed by atoms with Crippen molar-refractivity contribution in [3.8, 4) is 0 Å². The largest absolute Gasteiger partial charge is 0.464 e. The standard InChI is InChI=1S/C11H23NO3/c1-4-5-6-15-11(13)10(12)8-14-7-9(2)3/h9-10H,4-8,12H2,1-3H3/t10-/m0/s1. The summed E-state index contributed by atoms with van der Waals surface area (Å²) >= 11 is 0. The molecule has 0 aromatic carbocycles. The van der Waals surface area contributed by atoms with Crippen molar-refractivity contribution in [3.05, 3.63) is 0 Å². The normalized spacial score (nSPS) is 12.9. The van der Waals surface area contributed by atoms with Crippen LogP contribution < -0.4 is 5.73 Å². The zero-order valence-corrected chi connectivity index (χ0v) is 9.99. The summed E-state index contributed by atoms with van der Waals surface area (Å²) in [7, 11) is 0. The van der Waals surface area contributed by atoms with Gasteiger partial charge >= 0.3 is 5.97 Å². The summed E-state index contributed by atoms with van der Waals surface area (Å²) in [6, 6.07) is -0.652. The van der Waals surface area contributed by atoms with Gasteiger partial charge in [-0.05, 0) is 12.3 Å². The lowest BCUT2D eigenvalue weighted by Gasteiger charge is -2.12. The van der Waals surface area contributed by atoms with Gasteiger partial charge in [-0.25, -0.2) is 0 Å². The van der Waals surface area contributed by atoms with Crippen LogP contribution in [0.3, 0.4) is 0 Å². The van der Waals surface area contributed by atoms with Crippen LogP contribution in [0.15, 0.2) is 0 Å². The lowest BCUT2D eigenvalue weighted by atomic mass is 10.2. The van der Waals surface area contributed by atoms with Crippen molar-refractivity contribution in [1.29, 1.82) is 0 Å². The van der Waals surface area contributed by atoms with Crippen molar-refractivity contribution < 1.29 is 14.3 Å². The fourth-order valence-corrected chi connectivity index (χ4v) is 0.923. The molecule has 0 rings (SSSR count). The second kappa shape index (κ2) is 8.68. The number of carbonyl (C=O) groups is 1. The van der Waals surface area contributed by atoms with Crippen molar-refractivity contribution in [2.45, 2.75) is 39.7 Å². The van der Waals surface area contributed by atoms with Gasteiger partial charge in [-0.3, -0.25) is 4.79 Å². The quantitative estimate of drug-likeness (QED) is 0.492. The lowest BCUT2D eigenvalue weighted by Crippen LogP contribution is -2.37. The Hall–Kier alpha value is -0.610. The molecule has 0 amide bonds. The Morgan fingerprint density at radius 3 is 2.53 bits per heavy atom. The van der Waals surface area contributed by atoms with Gasteiger partial charge in [0.15, 0.2) is 0 Å². The zero-order valence-electron chi connectivity index (χ0n) is 9.99. The molecule has 0 saturated carbocycles. The van der Waals surface area contributed by atoms with Gasteiger partial charge in [-0.1, -0.05) is 27.2 Å². The average Bonchev–Trinajstić information content (AvgIpc) is 2.17. The first-order valence-corrected chi connectivity index (χ1v) is 5.57. The molecule has 0 aromatic heterocycles. The highest BCUT2D eigenvalue weighted by molar-refractivity contribution is 5.75. The van der Waals surface area contributed by atoms with Gasteiger partial charge in [0.25, 0.3) is 0 Å². The number of rotatable bonds is 8. The number of unbranched alkanes of at least 4 members (excludes halogenated alkanes) is 1. The molecule has 2 N–H and O–H groups in total. The third kappa shape index (κ3) is 8.39. The summed E-state index contributed by atoms with van der Waals surface area (Å²) in [5, 5.41) is 0. The second-order valence-electron chi connectivity index (χ2n) is 4.06. The highest BCUT2D eigenvalue weighted by Crippen LogP contribution is 1.95. The van der Waals surface area contributed by atoms with E-state index in [1.54, 1.807) is 0 Å². The third-order valence-corrected chi connectivity index (χ3v) is 1.79. The number of carbonyl (C=O) groups excluding carboxylic acids is 1. The fourth-order valence-electron chi connectivity index (χ4n) is 0.923. The topological polar surface area (TPSA) is 61.5 Å². The van der Waals surface area contributed by atoms with Gasteiger partial charge in [0, 0.05) is 6.61 Å². The Labute approximate surface area is 92.1 Å². The lowest BCUT2D eigenvalue weighted by molar-refractivity contribution is -0.146. The van der Waals surface area contributed by atoms with E-state index in [9.17, 15) is 4.79 Å². The predicted molar refractivity (Wildman–Crippen MR) is 59.5 cm³/mol. The highest BCUT2D eigenvalue weighted by atomic mass is 16.5. The summed E-state index contributed by atoms with van der Waals surface area (Å²) in [6.07, 6.45) is 1.89. The van der Waals surface area contributed by atoms with Gasteiger partial charge in [0.2, 0.25) is 0 Å². The van der Waals surface area contributed by atoms with Gasteiger partial charge in [0.05, 0.1) is 13.2 Å². The maximum Gasteiger partial charge on any atom is 0.325 e. The van der Waals surface area contributed by atoms with E-state index < -0.39 is 6.04 Å². The van der Waals surface area contributed by atoms with E-state index in [0.717, 1.165) is 12.8 Å². The van der Waals surface area contributed by atoms with Crippen molar-refractivity contribution in [2.24, 2.45) is 11.7 Å². The molecular formula is C11H23NO3. The summed E-state index contributed by atoms with van der Waals surface area (Å²) in [4.78, 5) is 11.3.